The summed E-state index contributed by atoms with van der Waals surface area (Å²) in [6.45, 7) is 4.37. The third-order valence-electron chi connectivity index (χ3n) is 7.32. The van der Waals surface area contributed by atoms with Crippen LogP contribution in [-0.4, -0.2) is 43.6 Å². The van der Waals surface area contributed by atoms with Crippen LogP contribution in [0.5, 0.6) is 0 Å². The Morgan fingerprint density at radius 2 is 1.79 bits per heavy atom. The summed E-state index contributed by atoms with van der Waals surface area (Å²) < 4.78 is 0. The number of nitrogens with one attached hydrogen (secondary N) is 2. The molecule has 2 N–H and O–H groups in total. The molecule has 1 aromatic rings. The molecule has 1 aliphatic heterocycles. The highest BCUT2D eigenvalue weighted by atomic mass is 35.5. The van der Waals surface area contributed by atoms with Crippen LogP contribution in [0.4, 0.5) is 5.82 Å². The van der Waals surface area contributed by atoms with E-state index in [4.69, 9.17) is 11.6 Å². The lowest BCUT2D eigenvalue weighted by Crippen LogP contribution is -2.51. The zero-order valence-corrected chi connectivity index (χ0v) is 17.8. The van der Waals surface area contributed by atoms with Gasteiger partial charge in [0.1, 0.15) is 5.82 Å². The largest absolute Gasteiger partial charge is 0.353 e. The Morgan fingerprint density at radius 1 is 1.18 bits per heavy atom. The molecular weight excluding hydrogens is 395 g/mol. The second kappa shape index (κ2) is 8.00. The standard InChI is InChI=1S/C21H29ClN4O.ClH/c22-18-17(1-2-24-19(18)26-5-3-23-4-6-26)20(27)25-13-21-10-14-7-15(11-21)9-16(8-14)12-21;/h1-2,14-16,23H,3-13H2,(H,25,27);1H. The molecule has 28 heavy (non-hydrogen) atoms. The molecule has 154 valence electrons. The fourth-order valence-electron chi connectivity index (χ4n) is 6.57. The van der Waals surface area contributed by atoms with Gasteiger partial charge in [0.05, 0.1) is 10.6 Å². The Labute approximate surface area is 178 Å². The van der Waals surface area contributed by atoms with Crippen LogP contribution in [0.1, 0.15) is 48.9 Å². The number of aromatic nitrogens is 1. The van der Waals surface area contributed by atoms with Crippen LogP contribution in [0.25, 0.3) is 0 Å². The van der Waals surface area contributed by atoms with Crippen molar-refractivity contribution in [3.8, 4) is 0 Å². The number of nitrogens with zero attached hydrogens (tertiary/aromatic N) is 2. The Kier molecular flexibility index (Phi) is 5.78. The van der Waals surface area contributed by atoms with E-state index >= 15 is 0 Å². The van der Waals surface area contributed by atoms with Gasteiger partial charge < -0.3 is 15.5 Å². The van der Waals surface area contributed by atoms with Crippen molar-refractivity contribution >= 4 is 35.7 Å². The van der Waals surface area contributed by atoms with E-state index in [1.54, 1.807) is 12.3 Å². The van der Waals surface area contributed by atoms with Gasteiger partial charge in [0.2, 0.25) is 0 Å². The number of carbonyl (C=O) groups excluding carboxylic acids is 1. The Hall–Kier alpha value is -1.04. The highest BCUT2D eigenvalue weighted by molar-refractivity contribution is 6.36. The minimum atomic E-state index is -0.0467. The molecule has 0 atom stereocenters. The fraction of sp³-hybridized carbons (Fsp3) is 0.714. The Morgan fingerprint density at radius 3 is 2.39 bits per heavy atom. The molecular formula is C21H30Cl2N4O. The lowest BCUT2D eigenvalue weighted by molar-refractivity contribution is -0.0503. The monoisotopic (exact) mass is 424 g/mol. The molecule has 4 saturated carbocycles. The van der Waals surface area contributed by atoms with Crippen LogP contribution in [-0.2, 0) is 0 Å². The molecule has 4 aliphatic carbocycles. The van der Waals surface area contributed by atoms with Gasteiger partial charge in [-0.25, -0.2) is 4.98 Å². The number of pyridine rings is 1. The number of hydrogen-bond acceptors (Lipinski definition) is 4. The summed E-state index contributed by atoms with van der Waals surface area (Å²) in [7, 11) is 0. The van der Waals surface area contributed by atoms with E-state index in [0.717, 1.165) is 56.3 Å². The molecule has 0 spiro atoms. The summed E-state index contributed by atoms with van der Waals surface area (Å²) in [5.74, 6) is 3.39. The van der Waals surface area contributed by atoms with E-state index in [2.05, 4.69) is 20.5 Å². The number of hydrogen-bond donors (Lipinski definition) is 2. The van der Waals surface area contributed by atoms with Crippen LogP contribution >= 0.6 is 24.0 Å². The first-order valence-corrected chi connectivity index (χ1v) is 10.9. The summed E-state index contributed by atoms with van der Waals surface area (Å²) >= 11 is 6.61. The maximum atomic E-state index is 12.9. The summed E-state index contributed by atoms with van der Waals surface area (Å²) in [6, 6.07) is 1.75. The van der Waals surface area contributed by atoms with Gasteiger partial charge in [-0.2, -0.15) is 0 Å². The summed E-state index contributed by atoms with van der Waals surface area (Å²) in [6.07, 6.45) is 9.90. The van der Waals surface area contributed by atoms with E-state index in [-0.39, 0.29) is 18.3 Å². The summed E-state index contributed by atoms with van der Waals surface area (Å²) in [5, 5.41) is 7.07. The summed E-state index contributed by atoms with van der Waals surface area (Å²) in [4.78, 5) is 19.5. The number of anilines is 1. The average Bonchev–Trinajstić information content (AvgIpc) is 2.66. The van der Waals surface area contributed by atoms with Gasteiger partial charge >= 0.3 is 0 Å². The smallest absolute Gasteiger partial charge is 0.253 e. The molecule has 0 unspecified atom stereocenters. The zero-order valence-electron chi connectivity index (χ0n) is 16.3. The molecule has 1 aromatic heterocycles. The molecule has 0 radical (unpaired) electrons. The van der Waals surface area contributed by atoms with Crippen molar-refractivity contribution in [1.29, 1.82) is 0 Å². The molecule has 1 amide bonds. The van der Waals surface area contributed by atoms with E-state index in [1.807, 2.05) is 0 Å². The summed E-state index contributed by atoms with van der Waals surface area (Å²) in [5.41, 5.74) is 0.899. The van der Waals surface area contributed by atoms with Crippen LogP contribution < -0.4 is 15.5 Å². The minimum Gasteiger partial charge on any atom is -0.353 e. The van der Waals surface area contributed by atoms with Gasteiger partial charge in [-0.1, -0.05) is 11.6 Å². The predicted molar refractivity (Wildman–Crippen MR) is 115 cm³/mol. The van der Waals surface area contributed by atoms with Crippen molar-refractivity contribution < 1.29 is 4.79 Å². The van der Waals surface area contributed by atoms with Crippen molar-refractivity contribution in [2.75, 3.05) is 37.6 Å². The second-order valence-corrected chi connectivity index (χ2v) is 9.71. The highest BCUT2D eigenvalue weighted by Crippen LogP contribution is 2.59. The van der Waals surface area contributed by atoms with Crippen LogP contribution in [0, 0.1) is 23.2 Å². The van der Waals surface area contributed by atoms with E-state index in [0.29, 0.717) is 16.0 Å². The normalized spacial score (nSPS) is 33.5. The zero-order chi connectivity index (χ0) is 18.4. The Balaban J connectivity index is 0.00000192. The lowest BCUT2D eigenvalue weighted by Gasteiger charge is -2.56. The molecule has 5 nitrogen and oxygen atoms in total. The second-order valence-electron chi connectivity index (χ2n) is 9.33. The lowest BCUT2D eigenvalue weighted by atomic mass is 9.49. The van der Waals surface area contributed by atoms with E-state index in [1.165, 1.54) is 38.5 Å². The SMILES string of the molecule is Cl.O=C(NCC12CC3CC(CC(C3)C1)C2)c1ccnc(N2CCNCC2)c1Cl. The van der Waals surface area contributed by atoms with Gasteiger partial charge in [-0.15, -0.1) is 12.4 Å². The van der Waals surface area contributed by atoms with Crippen LogP contribution in [0.15, 0.2) is 12.3 Å². The number of amides is 1. The molecule has 5 aliphatic rings. The van der Waals surface area contributed by atoms with Crippen LogP contribution in [0.2, 0.25) is 5.02 Å². The predicted octanol–water partition coefficient (Wildman–Crippen LogP) is 3.51. The van der Waals surface area contributed by atoms with Crippen molar-refractivity contribution in [1.82, 2.24) is 15.6 Å². The topological polar surface area (TPSA) is 57.3 Å². The van der Waals surface area contributed by atoms with Crippen molar-refractivity contribution in [3.63, 3.8) is 0 Å². The molecule has 7 heteroatoms. The van der Waals surface area contributed by atoms with Gasteiger partial charge in [-0.05, 0) is 67.8 Å². The first-order valence-electron chi connectivity index (χ1n) is 10.5. The molecule has 0 aromatic carbocycles. The molecule has 6 rings (SSSR count). The third kappa shape index (κ3) is 3.73. The number of rotatable bonds is 4. The van der Waals surface area contributed by atoms with Crippen molar-refractivity contribution in [2.45, 2.75) is 38.5 Å². The van der Waals surface area contributed by atoms with Crippen molar-refractivity contribution in [3.05, 3.63) is 22.8 Å². The van der Waals surface area contributed by atoms with Crippen molar-refractivity contribution in [2.24, 2.45) is 23.2 Å². The first-order chi connectivity index (χ1) is 13.1. The number of carbonyl (C=O) groups is 1. The highest BCUT2D eigenvalue weighted by Gasteiger charge is 2.50. The molecule has 1 saturated heterocycles. The number of halogens is 2. The van der Waals surface area contributed by atoms with E-state index < -0.39 is 0 Å². The van der Waals surface area contributed by atoms with E-state index in [9.17, 15) is 4.79 Å². The molecule has 2 heterocycles. The quantitative estimate of drug-likeness (QED) is 0.775. The first kappa shape index (κ1) is 20.2. The fourth-order valence-corrected chi connectivity index (χ4v) is 6.89. The Bertz CT molecular complexity index is 700. The average molecular weight is 425 g/mol. The minimum absolute atomic E-state index is 0. The number of piperazine rings is 1. The maximum absolute atomic E-state index is 12.9. The van der Waals surface area contributed by atoms with Gasteiger partial charge in [0.25, 0.3) is 5.91 Å². The van der Waals surface area contributed by atoms with Gasteiger partial charge in [0.15, 0.2) is 0 Å². The van der Waals surface area contributed by atoms with Gasteiger partial charge in [0, 0.05) is 38.9 Å². The molecule has 4 bridgehead atoms. The van der Waals surface area contributed by atoms with Gasteiger partial charge in [-0.3, -0.25) is 4.79 Å². The molecule has 5 fully saturated rings. The van der Waals surface area contributed by atoms with Crippen LogP contribution in [0.3, 0.4) is 0 Å². The third-order valence-corrected chi connectivity index (χ3v) is 7.69. The maximum Gasteiger partial charge on any atom is 0.253 e.